The van der Waals surface area contributed by atoms with Crippen LogP contribution in [-0.4, -0.2) is 23.7 Å². The zero-order chi connectivity index (χ0) is 14.3. The van der Waals surface area contributed by atoms with Gasteiger partial charge in [-0.2, -0.15) is 0 Å². The molecule has 0 saturated carbocycles. The van der Waals surface area contributed by atoms with E-state index in [1.807, 2.05) is 26.0 Å². The van der Waals surface area contributed by atoms with Crippen LogP contribution in [0, 0.1) is 0 Å². The number of carbonyl (C=O) groups is 1. The highest BCUT2D eigenvalue weighted by Crippen LogP contribution is 2.21. The van der Waals surface area contributed by atoms with Crippen molar-refractivity contribution in [2.45, 2.75) is 37.1 Å². The summed E-state index contributed by atoms with van der Waals surface area (Å²) in [6.07, 6.45) is 1.43. The highest BCUT2D eigenvalue weighted by Gasteiger charge is 2.11. The van der Waals surface area contributed by atoms with Gasteiger partial charge in [-0.3, -0.25) is 4.79 Å². The fourth-order valence-electron chi connectivity index (χ4n) is 1.37. The molecule has 106 valence electrons. The van der Waals surface area contributed by atoms with Gasteiger partial charge < -0.3 is 11.1 Å². The van der Waals surface area contributed by atoms with E-state index in [1.54, 1.807) is 11.8 Å². The Hall–Kier alpha value is -0.520. The summed E-state index contributed by atoms with van der Waals surface area (Å²) in [6.45, 7) is 4.32. The molecule has 0 aromatic heterocycles. The first-order valence-corrected chi connectivity index (χ1v) is 8.09. The fraction of sp³-hybridized carbons (Fsp3) is 0.500. The second kappa shape index (κ2) is 7.92. The monoisotopic (exact) mass is 344 g/mol. The average Bonchev–Trinajstić information content (AvgIpc) is 2.33. The van der Waals surface area contributed by atoms with Crippen LogP contribution in [0.15, 0.2) is 33.6 Å². The molecule has 0 bridgehead atoms. The van der Waals surface area contributed by atoms with Crippen LogP contribution in [0.4, 0.5) is 0 Å². The molecule has 0 spiro atoms. The Morgan fingerprint density at radius 2 is 2.00 bits per heavy atom. The molecule has 1 aromatic carbocycles. The van der Waals surface area contributed by atoms with Gasteiger partial charge in [0.05, 0.1) is 0 Å². The maximum absolute atomic E-state index is 11.6. The first kappa shape index (κ1) is 16.5. The molecule has 0 aliphatic rings. The summed E-state index contributed by atoms with van der Waals surface area (Å²) in [4.78, 5) is 12.8. The highest BCUT2D eigenvalue weighted by molar-refractivity contribution is 9.10. The number of thioether (sulfide) groups is 1. The van der Waals surface area contributed by atoms with Crippen molar-refractivity contribution in [2.75, 3.05) is 12.3 Å². The third kappa shape index (κ3) is 8.29. The zero-order valence-corrected chi connectivity index (χ0v) is 13.8. The SMILES string of the molecule is CC(C)(N)CNC(=O)CCCSc1ccc(Br)cc1. The Labute approximate surface area is 127 Å². The van der Waals surface area contributed by atoms with Crippen molar-refractivity contribution < 1.29 is 4.79 Å². The Balaban J connectivity index is 2.13. The quantitative estimate of drug-likeness (QED) is 0.590. The van der Waals surface area contributed by atoms with E-state index in [-0.39, 0.29) is 11.4 Å². The normalized spacial score (nSPS) is 11.4. The third-order valence-electron chi connectivity index (χ3n) is 2.37. The van der Waals surface area contributed by atoms with Gasteiger partial charge in [-0.15, -0.1) is 11.8 Å². The third-order valence-corrected chi connectivity index (χ3v) is 4.00. The summed E-state index contributed by atoms with van der Waals surface area (Å²) in [5.41, 5.74) is 5.46. The lowest BCUT2D eigenvalue weighted by molar-refractivity contribution is -0.121. The van der Waals surface area contributed by atoms with E-state index in [4.69, 9.17) is 5.73 Å². The lowest BCUT2D eigenvalue weighted by Gasteiger charge is -2.18. The van der Waals surface area contributed by atoms with E-state index in [0.717, 1.165) is 16.6 Å². The zero-order valence-electron chi connectivity index (χ0n) is 11.4. The number of hydrogen-bond donors (Lipinski definition) is 2. The van der Waals surface area contributed by atoms with Crippen LogP contribution in [0.5, 0.6) is 0 Å². The Morgan fingerprint density at radius 1 is 1.37 bits per heavy atom. The van der Waals surface area contributed by atoms with E-state index < -0.39 is 0 Å². The minimum absolute atomic E-state index is 0.0786. The molecule has 3 N–H and O–H groups in total. The Kier molecular flexibility index (Phi) is 6.89. The number of halogens is 1. The molecule has 0 saturated heterocycles. The highest BCUT2D eigenvalue weighted by atomic mass is 79.9. The first-order valence-electron chi connectivity index (χ1n) is 6.31. The van der Waals surface area contributed by atoms with Gasteiger partial charge >= 0.3 is 0 Å². The van der Waals surface area contributed by atoms with E-state index in [0.29, 0.717) is 13.0 Å². The molecule has 19 heavy (non-hydrogen) atoms. The smallest absolute Gasteiger partial charge is 0.220 e. The van der Waals surface area contributed by atoms with Gasteiger partial charge in [0.2, 0.25) is 5.91 Å². The van der Waals surface area contributed by atoms with Crippen LogP contribution in [0.25, 0.3) is 0 Å². The number of amides is 1. The van der Waals surface area contributed by atoms with Crippen LogP contribution < -0.4 is 11.1 Å². The summed E-state index contributed by atoms with van der Waals surface area (Å²) in [5, 5.41) is 2.85. The molecule has 0 heterocycles. The molecule has 0 radical (unpaired) electrons. The number of nitrogens with two attached hydrogens (primary N) is 1. The molecule has 1 rings (SSSR count). The van der Waals surface area contributed by atoms with Crippen LogP contribution >= 0.6 is 27.7 Å². The standard InChI is InChI=1S/C14H21BrN2OS/c1-14(2,16)10-17-13(18)4-3-9-19-12-7-5-11(15)6-8-12/h5-8H,3-4,9-10,16H2,1-2H3,(H,17,18). The van der Waals surface area contributed by atoms with E-state index in [9.17, 15) is 4.79 Å². The van der Waals surface area contributed by atoms with Crippen LogP contribution in [0.2, 0.25) is 0 Å². The molecule has 0 atom stereocenters. The second-order valence-corrected chi connectivity index (χ2v) is 7.26. The summed E-state index contributed by atoms with van der Waals surface area (Å²) in [5.74, 6) is 1.02. The Bertz CT molecular complexity index is 401. The van der Waals surface area contributed by atoms with Gasteiger partial charge in [0.15, 0.2) is 0 Å². The van der Waals surface area contributed by atoms with E-state index in [1.165, 1.54) is 4.90 Å². The molecule has 0 aliphatic heterocycles. The fourth-order valence-corrected chi connectivity index (χ4v) is 2.49. The molecule has 0 unspecified atom stereocenters. The lowest BCUT2D eigenvalue weighted by atomic mass is 10.1. The van der Waals surface area contributed by atoms with Gasteiger partial charge in [0.1, 0.15) is 0 Å². The Morgan fingerprint density at radius 3 is 2.58 bits per heavy atom. The molecule has 1 amide bonds. The lowest BCUT2D eigenvalue weighted by Crippen LogP contribution is -2.45. The molecule has 0 fully saturated rings. The summed E-state index contributed by atoms with van der Waals surface area (Å²) >= 11 is 5.18. The van der Waals surface area contributed by atoms with Crippen molar-refractivity contribution in [1.29, 1.82) is 0 Å². The van der Waals surface area contributed by atoms with Gasteiger partial charge in [-0.1, -0.05) is 15.9 Å². The second-order valence-electron chi connectivity index (χ2n) is 5.17. The van der Waals surface area contributed by atoms with Crippen LogP contribution in [-0.2, 0) is 4.79 Å². The van der Waals surface area contributed by atoms with Gasteiger partial charge in [0.25, 0.3) is 0 Å². The molecule has 3 nitrogen and oxygen atoms in total. The maximum Gasteiger partial charge on any atom is 0.220 e. The summed E-state index contributed by atoms with van der Waals surface area (Å²) < 4.78 is 1.08. The number of benzene rings is 1. The van der Waals surface area contributed by atoms with Crippen molar-refractivity contribution in [3.05, 3.63) is 28.7 Å². The van der Waals surface area contributed by atoms with Crippen molar-refractivity contribution in [3.63, 3.8) is 0 Å². The average molecular weight is 345 g/mol. The summed E-state index contributed by atoms with van der Waals surface area (Å²) in [6, 6.07) is 8.20. The van der Waals surface area contributed by atoms with Crippen molar-refractivity contribution in [3.8, 4) is 0 Å². The number of hydrogen-bond acceptors (Lipinski definition) is 3. The maximum atomic E-state index is 11.6. The van der Waals surface area contributed by atoms with Crippen molar-refractivity contribution in [1.82, 2.24) is 5.32 Å². The van der Waals surface area contributed by atoms with Gasteiger partial charge in [-0.25, -0.2) is 0 Å². The number of nitrogens with one attached hydrogen (secondary N) is 1. The molecule has 5 heteroatoms. The van der Waals surface area contributed by atoms with E-state index in [2.05, 4.69) is 33.4 Å². The van der Waals surface area contributed by atoms with Crippen LogP contribution in [0.3, 0.4) is 0 Å². The molecular weight excluding hydrogens is 324 g/mol. The minimum Gasteiger partial charge on any atom is -0.354 e. The molecule has 0 aliphatic carbocycles. The topological polar surface area (TPSA) is 55.1 Å². The van der Waals surface area contributed by atoms with Crippen molar-refractivity contribution in [2.24, 2.45) is 5.73 Å². The molecular formula is C14H21BrN2OS. The van der Waals surface area contributed by atoms with Gasteiger partial charge in [-0.05, 0) is 50.3 Å². The first-order chi connectivity index (χ1) is 8.87. The predicted octanol–water partition coefficient (Wildman–Crippen LogP) is 3.17. The van der Waals surface area contributed by atoms with Crippen molar-refractivity contribution >= 4 is 33.6 Å². The predicted molar refractivity (Wildman–Crippen MR) is 85.4 cm³/mol. The van der Waals surface area contributed by atoms with E-state index >= 15 is 0 Å². The van der Waals surface area contributed by atoms with Crippen LogP contribution in [0.1, 0.15) is 26.7 Å². The minimum atomic E-state index is -0.345. The largest absolute Gasteiger partial charge is 0.354 e. The molecule has 1 aromatic rings. The number of carbonyl (C=O) groups excluding carboxylic acids is 1. The number of rotatable bonds is 7. The summed E-state index contributed by atoms with van der Waals surface area (Å²) in [7, 11) is 0. The van der Waals surface area contributed by atoms with Gasteiger partial charge in [0, 0.05) is 27.9 Å².